The molecule has 0 saturated heterocycles. The van der Waals surface area contributed by atoms with Crippen molar-refractivity contribution >= 4 is 5.91 Å². The van der Waals surface area contributed by atoms with Gasteiger partial charge in [-0.2, -0.15) is 0 Å². The number of hydrogen-bond donors (Lipinski definition) is 2. The van der Waals surface area contributed by atoms with E-state index in [-0.39, 0.29) is 12.5 Å². The molecule has 0 fully saturated rings. The predicted octanol–water partition coefficient (Wildman–Crippen LogP) is 2.16. The number of carbonyl (C=O) groups excluding carboxylic acids is 1. The Morgan fingerprint density at radius 1 is 1.43 bits per heavy atom. The van der Waals surface area contributed by atoms with E-state index in [4.69, 9.17) is 0 Å². The number of nitrogens with one attached hydrogen (secondary N) is 1. The van der Waals surface area contributed by atoms with Crippen molar-refractivity contribution in [3.05, 3.63) is 53.1 Å². The summed E-state index contributed by atoms with van der Waals surface area (Å²) in [5, 5.41) is 9.28. The molecule has 0 radical (unpaired) electrons. The molecule has 2 aromatic rings. The van der Waals surface area contributed by atoms with Crippen molar-refractivity contribution in [2.24, 2.45) is 0 Å². The average Bonchev–Trinajstić information content (AvgIpc) is 3.14. The van der Waals surface area contributed by atoms with E-state index >= 15 is 0 Å². The van der Waals surface area contributed by atoms with Crippen LogP contribution in [0.25, 0.3) is 0 Å². The molecule has 1 amide bonds. The number of benzene rings is 1. The zero-order chi connectivity index (χ0) is 16.2. The number of fused-ring (bicyclic) bond motifs is 1. The van der Waals surface area contributed by atoms with Gasteiger partial charge >= 0.3 is 0 Å². The fraction of sp³-hybridized carbons (Fsp3) is 0.444. The van der Waals surface area contributed by atoms with Crippen LogP contribution in [0.3, 0.4) is 0 Å². The number of hydrogen-bond acceptors (Lipinski definition) is 3. The fourth-order valence-corrected chi connectivity index (χ4v) is 3.34. The highest BCUT2D eigenvalue weighted by Gasteiger charge is 2.26. The molecular formula is C18H23N3O2. The van der Waals surface area contributed by atoms with Gasteiger partial charge in [-0.15, -0.1) is 0 Å². The van der Waals surface area contributed by atoms with Crippen molar-refractivity contribution in [1.82, 2.24) is 14.9 Å². The third-order valence-electron chi connectivity index (χ3n) is 4.68. The summed E-state index contributed by atoms with van der Waals surface area (Å²) >= 11 is 0. The molecule has 3 rings (SSSR count). The predicted molar refractivity (Wildman–Crippen MR) is 87.9 cm³/mol. The molecule has 1 unspecified atom stereocenters. The summed E-state index contributed by atoms with van der Waals surface area (Å²) in [7, 11) is 0. The van der Waals surface area contributed by atoms with Gasteiger partial charge in [0.05, 0.1) is 25.2 Å². The number of aromatic nitrogens is 2. The number of carbonyl (C=O) groups is 1. The molecule has 0 saturated carbocycles. The van der Waals surface area contributed by atoms with Gasteiger partial charge < -0.3 is 15.0 Å². The van der Waals surface area contributed by atoms with Gasteiger partial charge in [-0.3, -0.25) is 4.79 Å². The molecule has 0 bridgehead atoms. The van der Waals surface area contributed by atoms with Crippen LogP contribution in [-0.2, 0) is 17.8 Å². The molecule has 1 atom stereocenters. The normalized spacial score (nSPS) is 16.3. The first-order valence-electron chi connectivity index (χ1n) is 8.14. The van der Waals surface area contributed by atoms with Crippen LogP contribution in [-0.4, -0.2) is 39.0 Å². The number of aliphatic hydroxyl groups is 1. The number of imidazole rings is 1. The summed E-state index contributed by atoms with van der Waals surface area (Å²) in [6.45, 7) is 2.70. The molecule has 2 N–H and O–H groups in total. The lowest BCUT2D eigenvalue weighted by Gasteiger charge is -2.23. The van der Waals surface area contributed by atoms with E-state index in [1.54, 1.807) is 11.2 Å². The van der Waals surface area contributed by atoms with Gasteiger partial charge in [0.15, 0.2) is 0 Å². The summed E-state index contributed by atoms with van der Waals surface area (Å²) < 4.78 is 0. The molecule has 5 heteroatoms. The van der Waals surface area contributed by atoms with Crippen LogP contribution < -0.4 is 0 Å². The third-order valence-corrected chi connectivity index (χ3v) is 4.68. The molecule has 0 aliphatic heterocycles. The Morgan fingerprint density at radius 3 is 3.00 bits per heavy atom. The van der Waals surface area contributed by atoms with Crippen LogP contribution in [0.15, 0.2) is 30.6 Å². The number of aliphatic hydroxyl groups excluding tert-OH is 1. The van der Waals surface area contributed by atoms with Crippen molar-refractivity contribution in [2.45, 2.75) is 38.6 Å². The van der Waals surface area contributed by atoms with Gasteiger partial charge in [0.2, 0.25) is 5.91 Å². The maximum absolute atomic E-state index is 12.7. The fourth-order valence-electron chi connectivity index (χ4n) is 3.34. The van der Waals surface area contributed by atoms with E-state index in [1.165, 1.54) is 11.1 Å². The van der Waals surface area contributed by atoms with Crippen molar-refractivity contribution < 1.29 is 9.90 Å². The lowest BCUT2D eigenvalue weighted by Crippen LogP contribution is -2.34. The molecule has 1 heterocycles. The van der Waals surface area contributed by atoms with Gasteiger partial charge in [0, 0.05) is 18.7 Å². The van der Waals surface area contributed by atoms with E-state index in [0.29, 0.717) is 25.4 Å². The Morgan fingerprint density at radius 2 is 2.26 bits per heavy atom. The number of rotatable bonds is 6. The zero-order valence-corrected chi connectivity index (χ0v) is 13.5. The molecular weight excluding hydrogens is 290 g/mol. The van der Waals surface area contributed by atoms with Crippen LogP contribution in [0.2, 0.25) is 0 Å². The van der Waals surface area contributed by atoms with Gasteiger partial charge in [0.25, 0.3) is 0 Å². The molecule has 5 nitrogen and oxygen atoms in total. The monoisotopic (exact) mass is 313 g/mol. The summed E-state index contributed by atoms with van der Waals surface area (Å²) in [6, 6.07) is 8.38. The van der Waals surface area contributed by atoms with Gasteiger partial charge in [0.1, 0.15) is 0 Å². The molecule has 1 aromatic heterocycles. The van der Waals surface area contributed by atoms with E-state index < -0.39 is 0 Å². The van der Waals surface area contributed by atoms with Crippen LogP contribution in [0.5, 0.6) is 0 Å². The Labute approximate surface area is 136 Å². The highest BCUT2D eigenvalue weighted by molar-refractivity contribution is 5.77. The highest BCUT2D eigenvalue weighted by atomic mass is 16.3. The second-order valence-corrected chi connectivity index (χ2v) is 6.15. The van der Waals surface area contributed by atoms with E-state index in [9.17, 15) is 9.90 Å². The largest absolute Gasteiger partial charge is 0.395 e. The molecule has 1 aromatic carbocycles. The zero-order valence-electron chi connectivity index (χ0n) is 13.5. The maximum Gasteiger partial charge on any atom is 0.223 e. The van der Waals surface area contributed by atoms with Crippen molar-refractivity contribution in [1.29, 1.82) is 0 Å². The molecule has 23 heavy (non-hydrogen) atoms. The lowest BCUT2D eigenvalue weighted by atomic mass is 9.97. The van der Waals surface area contributed by atoms with E-state index in [0.717, 1.165) is 24.2 Å². The number of amides is 1. The van der Waals surface area contributed by atoms with Gasteiger partial charge in [-0.1, -0.05) is 24.3 Å². The summed E-state index contributed by atoms with van der Waals surface area (Å²) in [5.74, 6) is 0.378. The minimum absolute atomic E-state index is 0.0313. The third kappa shape index (κ3) is 3.45. The van der Waals surface area contributed by atoms with Crippen LogP contribution in [0.1, 0.15) is 41.3 Å². The Hall–Kier alpha value is -2.14. The highest BCUT2D eigenvalue weighted by Crippen LogP contribution is 2.35. The summed E-state index contributed by atoms with van der Waals surface area (Å²) in [5.41, 5.74) is 4.49. The first-order valence-corrected chi connectivity index (χ1v) is 8.14. The van der Waals surface area contributed by atoms with Crippen molar-refractivity contribution in [3.63, 3.8) is 0 Å². The molecule has 122 valence electrons. The van der Waals surface area contributed by atoms with E-state index in [1.807, 2.05) is 13.0 Å². The second kappa shape index (κ2) is 6.96. The Bertz CT molecular complexity index is 680. The molecule has 0 spiro atoms. The van der Waals surface area contributed by atoms with Crippen molar-refractivity contribution in [2.75, 3.05) is 13.2 Å². The number of aryl methyl sites for hydroxylation is 2. The standard InChI is InChI=1S/C18H23N3O2/c1-13-17(20-12-19-13)11-21(8-9-22)18(23)10-15-7-6-14-4-2-3-5-16(14)15/h2-5,12,15,22H,6-11H2,1H3,(H,19,20). The van der Waals surface area contributed by atoms with Crippen molar-refractivity contribution in [3.8, 4) is 0 Å². The number of nitrogens with zero attached hydrogens (tertiary/aromatic N) is 2. The average molecular weight is 313 g/mol. The van der Waals surface area contributed by atoms with Crippen LogP contribution in [0, 0.1) is 6.92 Å². The molecule has 1 aliphatic carbocycles. The van der Waals surface area contributed by atoms with Crippen LogP contribution in [0.4, 0.5) is 0 Å². The topological polar surface area (TPSA) is 69.2 Å². The van der Waals surface area contributed by atoms with Gasteiger partial charge in [-0.25, -0.2) is 4.98 Å². The summed E-state index contributed by atoms with van der Waals surface area (Å²) in [6.07, 6.45) is 4.21. The lowest BCUT2D eigenvalue weighted by molar-refractivity contribution is -0.132. The number of H-pyrrole nitrogens is 1. The minimum Gasteiger partial charge on any atom is -0.395 e. The molecule has 1 aliphatic rings. The second-order valence-electron chi connectivity index (χ2n) is 6.15. The minimum atomic E-state index is -0.0313. The van der Waals surface area contributed by atoms with E-state index in [2.05, 4.69) is 28.2 Å². The first-order chi connectivity index (χ1) is 11.2. The SMILES string of the molecule is Cc1[nH]cnc1CN(CCO)C(=O)CC1CCc2ccccc21. The smallest absolute Gasteiger partial charge is 0.223 e. The first kappa shape index (κ1) is 15.7. The summed E-state index contributed by atoms with van der Waals surface area (Å²) in [4.78, 5) is 21.7. The Balaban J connectivity index is 1.69. The number of aromatic amines is 1. The Kier molecular flexibility index (Phi) is 4.76. The maximum atomic E-state index is 12.7. The quantitative estimate of drug-likeness (QED) is 0.858. The van der Waals surface area contributed by atoms with Crippen LogP contribution >= 0.6 is 0 Å². The van der Waals surface area contributed by atoms with Gasteiger partial charge in [-0.05, 0) is 36.8 Å².